The van der Waals surface area contributed by atoms with Gasteiger partial charge in [-0.25, -0.2) is 5.09 Å². The van der Waals surface area contributed by atoms with Crippen LogP contribution in [-0.2, 0) is 11.8 Å². The summed E-state index contributed by atoms with van der Waals surface area (Å²) in [5, 5.41) is 2.24. The van der Waals surface area contributed by atoms with Crippen molar-refractivity contribution >= 4 is 41.7 Å². The van der Waals surface area contributed by atoms with E-state index in [1.54, 1.807) is 0 Å². The molecule has 0 atom stereocenters. The second kappa shape index (κ2) is 4.67. The first-order valence-corrected chi connectivity index (χ1v) is 5.70. The third kappa shape index (κ3) is 8.85. The molecule has 0 fully saturated rings. The van der Waals surface area contributed by atoms with Gasteiger partial charge in [-0.2, -0.15) is 0 Å². The molecule has 10 heavy (non-hydrogen) atoms. The Morgan fingerprint density at radius 2 is 2.10 bits per heavy atom. The SMILES string of the molecule is OP(O)(=S)NCC=C(Cl)Cl. The van der Waals surface area contributed by atoms with Crippen LogP contribution in [0, 0.1) is 0 Å². The number of rotatable bonds is 3. The summed E-state index contributed by atoms with van der Waals surface area (Å²) in [5.74, 6) is 0. The van der Waals surface area contributed by atoms with Crippen molar-refractivity contribution in [1.29, 1.82) is 0 Å². The van der Waals surface area contributed by atoms with Crippen LogP contribution in [0.3, 0.4) is 0 Å². The molecule has 0 aromatic carbocycles. The lowest BCUT2D eigenvalue weighted by Gasteiger charge is -2.05. The molecule has 3 N–H and O–H groups in total. The minimum Gasteiger partial charge on any atom is -0.334 e. The highest BCUT2D eigenvalue weighted by molar-refractivity contribution is 8.08. The highest BCUT2D eigenvalue weighted by Crippen LogP contribution is 2.28. The fourth-order valence-corrected chi connectivity index (χ4v) is 0.949. The summed E-state index contributed by atoms with van der Waals surface area (Å²) < 4.78 is 0.0657. The maximum Gasteiger partial charge on any atom is 0.256 e. The van der Waals surface area contributed by atoms with Crippen molar-refractivity contribution in [3.05, 3.63) is 10.6 Å². The van der Waals surface area contributed by atoms with Gasteiger partial charge in [0.05, 0.1) is 0 Å². The molecule has 0 spiro atoms. The van der Waals surface area contributed by atoms with Gasteiger partial charge in [0, 0.05) is 6.54 Å². The van der Waals surface area contributed by atoms with Gasteiger partial charge in [-0.15, -0.1) is 0 Å². The highest BCUT2D eigenvalue weighted by Gasteiger charge is 2.02. The second-order valence-electron chi connectivity index (χ2n) is 1.40. The minimum atomic E-state index is -3.30. The largest absolute Gasteiger partial charge is 0.334 e. The summed E-state index contributed by atoms with van der Waals surface area (Å²) in [4.78, 5) is 17.2. The van der Waals surface area contributed by atoms with Crippen molar-refractivity contribution in [2.75, 3.05) is 6.54 Å². The first-order valence-electron chi connectivity index (χ1n) is 2.23. The van der Waals surface area contributed by atoms with Crippen molar-refractivity contribution in [1.82, 2.24) is 5.09 Å². The van der Waals surface area contributed by atoms with Crippen molar-refractivity contribution in [3.63, 3.8) is 0 Å². The summed E-state index contributed by atoms with van der Waals surface area (Å²) in [6, 6.07) is 0. The summed E-state index contributed by atoms with van der Waals surface area (Å²) >= 11 is 14.6. The minimum absolute atomic E-state index is 0.0657. The smallest absolute Gasteiger partial charge is 0.256 e. The number of hydrogen-bond acceptors (Lipinski definition) is 1. The zero-order valence-corrected chi connectivity index (χ0v) is 8.01. The maximum absolute atomic E-state index is 8.59. The summed E-state index contributed by atoms with van der Waals surface area (Å²) in [7, 11) is 0. The van der Waals surface area contributed by atoms with Gasteiger partial charge >= 0.3 is 0 Å². The van der Waals surface area contributed by atoms with Crippen LogP contribution < -0.4 is 5.09 Å². The maximum atomic E-state index is 8.59. The van der Waals surface area contributed by atoms with Crippen molar-refractivity contribution in [2.24, 2.45) is 0 Å². The molecule has 0 aliphatic rings. The van der Waals surface area contributed by atoms with Crippen LogP contribution >= 0.6 is 29.8 Å². The summed E-state index contributed by atoms with van der Waals surface area (Å²) in [6.07, 6.45) is 1.37. The number of halogens is 2. The predicted molar refractivity (Wildman–Crippen MR) is 46.5 cm³/mol. The van der Waals surface area contributed by atoms with E-state index in [1.165, 1.54) is 6.08 Å². The molecule has 60 valence electrons. The van der Waals surface area contributed by atoms with Crippen LogP contribution in [0.5, 0.6) is 0 Å². The Balaban J connectivity index is 3.58. The average Bonchev–Trinajstić information content (AvgIpc) is 1.59. The van der Waals surface area contributed by atoms with E-state index in [4.69, 9.17) is 33.0 Å². The van der Waals surface area contributed by atoms with Crippen molar-refractivity contribution in [3.8, 4) is 0 Å². The van der Waals surface area contributed by atoms with Crippen LogP contribution in [0.4, 0.5) is 0 Å². The Morgan fingerprint density at radius 1 is 1.60 bits per heavy atom. The topological polar surface area (TPSA) is 52.5 Å². The lowest BCUT2D eigenvalue weighted by molar-refractivity contribution is 0.465. The Hall–Kier alpha value is 0.850. The molecular weight excluding hydrogens is 216 g/mol. The van der Waals surface area contributed by atoms with E-state index >= 15 is 0 Å². The Morgan fingerprint density at radius 3 is 2.40 bits per heavy atom. The van der Waals surface area contributed by atoms with E-state index in [0.717, 1.165) is 0 Å². The summed E-state index contributed by atoms with van der Waals surface area (Å²) in [5.41, 5.74) is 0. The van der Waals surface area contributed by atoms with Gasteiger partial charge < -0.3 is 9.79 Å². The Bertz CT molecular complexity index is 175. The molecule has 0 radical (unpaired) electrons. The van der Waals surface area contributed by atoms with Gasteiger partial charge in [-0.1, -0.05) is 23.2 Å². The van der Waals surface area contributed by atoms with E-state index in [-0.39, 0.29) is 11.0 Å². The Kier molecular flexibility index (Phi) is 5.07. The number of hydrogen-bond donors (Lipinski definition) is 3. The zero-order valence-electron chi connectivity index (χ0n) is 4.79. The molecule has 3 nitrogen and oxygen atoms in total. The van der Waals surface area contributed by atoms with Crippen LogP contribution in [0.15, 0.2) is 10.6 Å². The van der Waals surface area contributed by atoms with Gasteiger partial charge in [0.25, 0.3) is 6.64 Å². The molecule has 0 bridgehead atoms. The van der Waals surface area contributed by atoms with Crippen molar-refractivity contribution in [2.45, 2.75) is 0 Å². The fraction of sp³-hybridized carbons (Fsp3) is 0.333. The first-order chi connectivity index (χ1) is 4.42. The normalized spacial score (nSPS) is 11.2. The first kappa shape index (κ1) is 10.8. The van der Waals surface area contributed by atoms with Crippen LogP contribution in [0.25, 0.3) is 0 Å². The molecule has 0 saturated heterocycles. The lowest BCUT2D eigenvalue weighted by atomic mass is 10.7. The predicted octanol–water partition coefficient (Wildman–Crippen LogP) is 1.10. The molecule has 0 heterocycles. The molecule has 0 saturated carbocycles. The molecule has 0 aliphatic heterocycles. The second-order valence-corrected chi connectivity index (χ2v) is 5.34. The Labute approximate surface area is 73.9 Å². The van der Waals surface area contributed by atoms with Crippen molar-refractivity contribution < 1.29 is 9.79 Å². The van der Waals surface area contributed by atoms with Crippen LogP contribution in [0.2, 0.25) is 0 Å². The average molecular weight is 222 g/mol. The van der Waals surface area contributed by atoms with E-state index in [9.17, 15) is 0 Å². The van der Waals surface area contributed by atoms with Crippen LogP contribution in [0.1, 0.15) is 0 Å². The van der Waals surface area contributed by atoms with Crippen LogP contribution in [-0.4, -0.2) is 16.3 Å². The summed E-state index contributed by atoms with van der Waals surface area (Å²) in [6.45, 7) is -3.14. The van der Waals surface area contributed by atoms with E-state index < -0.39 is 6.64 Å². The monoisotopic (exact) mass is 221 g/mol. The van der Waals surface area contributed by atoms with Gasteiger partial charge in [-0.05, 0) is 17.9 Å². The van der Waals surface area contributed by atoms with Gasteiger partial charge in [0.15, 0.2) is 0 Å². The molecular formula is C3H6Cl2NO2PS. The van der Waals surface area contributed by atoms with Gasteiger partial charge in [0.1, 0.15) is 4.49 Å². The fourth-order valence-electron chi connectivity index (χ4n) is 0.242. The third-order valence-corrected chi connectivity index (χ3v) is 1.84. The van der Waals surface area contributed by atoms with Gasteiger partial charge in [-0.3, -0.25) is 0 Å². The standard InChI is InChI=1S/C3H6Cl2NO2PS/c4-3(5)1-2-6-9(7,8)10/h1H,2H2,(H3,6,7,8,10). The van der Waals surface area contributed by atoms with E-state index in [2.05, 4.69) is 16.9 Å². The third-order valence-electron chi connectivity index (χ3n) is 0.554. The zero-order chi connectivity index (χ0) is 8.20. The quantitative estimate of drug-likeness (QED) is 0.626. The van der Waals surface area contributed by atoms with Gasteiger partial charge in [0.2, 0.25) is 0 Å². The molecule has 0 aliphatic carbocycles. The van der Waals surface area contributed by atoms with E-state index in [0.29, 0.717) is 0 Å². The molecule has 0 aromatic heterocycles. The molecule has 0 unspecified atom stereocenters. The molecule has 0 aromatic rings. The number of nitrogens with one attached hydrogen (secondary N) is 1. The molecule has 0 rings (SSSR count). The lowest BCUT2D eigenvalue weighted by Crippen LogP contribution is -2.08. The molecule has 7 heteroatoms. The highest BCUT2D eigenvalue weighted by atomic mass is 35.5. The molecule has 0 amide bonds. The van der Waals surface area contributed by atoms with E-state index in [1.807, 2.05) is 0 Å².